The highest BCUT2D eigenvalue weighted by atomic mass is 16.5. The average Bonchev–Trinajstić information content (AvgIpc) is 2.84. The van der Waals surface area contributed by atoms with Crippen LogP contribution >= 0.6 is 0 Å². The molecule has 0 bridgehead atoms. The molecule has 0 radical (unpaired) electrons. The third-order valence-corrected chi connectivity index (χ3v) is 3.50. The van der Waals surface area contributed by atoms with Crippen molar-refractivity contribution in [2.24, 2.45) is 7.05 Å². The van der Waals surface area contributed by atoms with Gasteiger partial charge in [-0.3, -0.25) is 0 Å². The van der Waals surface area contributed by atoms with Gasteiger partial charge in [0.25, 0.3) is 0 Å². The van der Waals surface area contributed by atoms with E-state index in [9.17, 15) is 5.11 Å². The summed E-state index contributed by atoms with van der Waals surface area (Å²) in [6.45, 7) is 0. The number of rotatable bonds is 3. The largest absolute Gasteiger partial charge is 0.496 e. The quantitative estimate of drug-likeness (QED) is 0.794. The molecular formula is C16H16N2O2. The fourth-order valence-electron chi connectivity index (χ4n) is 2.44. The first-order valence-corrected chi connectivity index (χ1v) is 6.44. The maximum atomic E-state index is 10.6. The van der Waals surface area contributed by atoms with Crippen LogP contribution in [-0.4, -0.2) is 21.8 Å². The zero-order valence-corrected chi connectivity index (χ0v) is 11.4. The molecule has 3 rings (SSSR count). The van der Waals surface area contributed by atoms with Crippen molar-refractivity contribution in [1.82, 2.24) is 9.55 Å². The molecule has 0 aliphatic carbocycles. The molecule has 1 atom stereocenters. The number of aliphatic hydroxyl groups is 1. The third-order valence-electron chi connectivity index (χ3n) is 3.50. The molecule has 1 heterocycles. The average molecular weight is 268 g/mol. The first-order valence-electron chi connectivity index (χ1n) is 6.44. The zero-order valence-electron chi connectivity index (χ0n) is 11.4. The van der Waals surface area contributed by atoms with Crippen molar-refractivity contribution in [2.45, 2.75) is 6.10 Å². The Balaban J connectivity index is 2.13. The van der Waals surface area contributed by atoms with Crippen LogP contribution < -0.4 is 4.74 Å². The van der Waals surface area contributed by atoms with E-state index in [1.54, 1.807) is 7.11 Å². The second kappa shape index (κ2) is 4.98. The number of hydrogen-bond acceptors (Lipinski definition) is 3. The van der Waals surface area contributed by atoms with E-state index in [1.807, 2.05) is 60.1 Å². The Morgan fingerprint density at radius 3 is 2.55 bits per heavy atom. The lowest BCUT2D eigenvalue weighted by molar-refractivity contribution is 0.202. The summed E-state index contributed by atoms with van der Waals surface area (Å²) >= 11 is 0. The summed E-state index contributed by atoms with van der Waals surface area (Å²) in [5, 5.41) is 10.6. The number of benzene rings is 2. The van der Waals surface area contributed by atoms with E-state index in [4.69, 9.17) is 4.74 Å². The van der Waals surface area contributed by atoms with E-state index in [1.165, 1.54) is 0 Å². The standard InChI is InChI=1S/C16H16N2O2/c1-18-13-9-5-4-8-12(13)17-16(18)15(19)11-7-3-6-10-14(11)20-2/h3-10,15,19H,1-2H3. The van der Waals surface area contributed by atoms with Gasteiger partial charge in [-0.05, 0) is 18.2 Å². The predicted octanol–water partition coefficient (Wildman–Crippen LogP) is 2.66. The van der Waals surface area contributed by atoms with Gasteiger partial charge in [0.2, 0.25) is 0 Å². The highest BCUT2D eigenvalue weighted by Gasteiger charge is 2.20. The predicted molar refractivity (Wildman–Crippen MR) is 77.8 cm³/mol. The molecule has 0 aliphatic heterocycles. The summed E-state index contributed by atoms with van der Waals surface area (Å²) < 4.78 is 7.21. The summed E-state index contributed by atoms with van der Waals surface area (Å²) in [5.74, 6) is 1.27. The van der Waals surface area contributed by atoms with Crippen LogP contribution in [0.25, 0.3) is 11.0 Å². The van der Waals surface area contributed by atoms with Crippen LogP contribution in [0.5, 0.6) is 5.75 Å². The molecule has 4 nitrogen and oxygen atoms in total. The highest BCUT2D eigenvalue weighted by Crippen LogP contribution is 2.30. The lowest BCUT2D eigenvalue weighted by Crippen LogP contribution is -2.08. The van der Waals surface area contributed by atoms with Crippen LogP contribution in [0.4, 0.5) is 0 Å². The topological polar surface area (TPSA) is 47.3 Å². The SMILES string of the molecule is COc1ccccc1C(O)c1nc2ccccc2n1C. The first-order chi connectivity index (χ1) is 9.72. The lowest BCUT2D eigenvalue weighted by Gasteiger charge is -2.14. The Hall–Kier alpha value is -2.33. The van der Waals surface area contributed by atoms with Crippen molar-refractivity contribution >= 4 is 11.0 Å². The monoisotopic (exact) mass is 268 g/mol. The molecule has 0 amide bonds. The Morgan fingerprint density at radius 1 is 1.10 bits per heavy atom. The van der Waals surface area contributed by atoms with Gasteiger partial charge in [0.1, 0.15) is 17.7 Å². The number of aryl methyl sites for hydroxylation is 1. The molecule has 0 saturated carbocycles. The molecule has 20 heavy (non-hydrogen) atoms. The zero-order chi connectivity index (χ0) is 14.1. The summed E-state index contributed by atoms with van der Waals surface area (Å²) in [4.78, 5) is 4.52. The van der Waals surface area contributed by atoms with Gasteiger partial charge in [-0.15, -0.1) is 0 Å². The Bertz CT molecular complexity index is 749. The van der Waals surface area contributed by atoms with Crippen LogP contribution in [-0.2, 0) is 7.05 Å². The molecule has 2 aromatic carbocycles. The second-order valence-electron chi connectivity index (χ2n) is 4.66. The van der Waals surface area contributed by atoms with E-state index in [2.05, 4.69) is 4.98 Å². The van der Waals surface area contributed by atoms with Crippen molar-refractivity contribution in [3.05, 3.63) is 59.9 Å². The van der Waals surface area contributed by atoms with Gasteiger partial charge in [0.05, 0.1) is 18.1 Å². The van der Waals surface area contributed by atoms with Crippen LogP contribution in [0.2, 0.25) is 0 Å². The molecular weight excluding hydrogens is 252 g/mol. The lowest BCUT2D eigenvalue weighted by atomic mass is 10.1. The molecule has 1 aromatic heterocycles. The van der Waals surface area contributed by atoms with E-state index in [0.717, 1.165) is 11.0 Å². The van der Waals surface area contributed by atoms with Gasteiger partial charge in [0.15, 0.2) is 0 Å². The molecule has 1 N–H and O–H groups in total. The molecule has 0 aliphatic rings. The molecule has 0 saturated heterocycles. The fraction of sp³-hybridized carbons (Fsp3) is 0.188. The number of nitrogens with zero attached hydrogens (tertiary/aromatic N) is 2. The van der Waals surface area contributed by atoms with E-state index in [0.29, 0.717) is 17.1 Å². The van der Waals surface area contributed by atoms with E-state index in [-0.39, 0.29) is 0 Å². The first kappa shape index (κ1) is 12.7. The van der Waals surface area contributed by atoms with Crippen molar-refractivity contribution < 1.29 is 9.84 Å². The molecule has 0 spiro atoms. The summed E-state index contributed by atoms with van der Waals surface area (Å²) in [5.41, 5.74) is 2.59. The van der Waals surface area contributed by atoms with Gasteiger partial charge in [0, 0.05) is 12.6 Å². The highest BCUT2D eigenvalue weighted by molar-refractivity contribution is 5.76. The van der Waals surface area contributed by atoms with Crippen LogP contribution in [0.3, 0.4) is 0 Å². The van der Waals surface area contributed by atoms with Gasteiger partial charge >= 0.3 is 0 Å². The summed E-state index contributed by atoms with van der Waals surface area (Å²) in [7, 11) is 3.50. The minimum atomic E-state index is -0.816. The number of aromatic nitrogens is 2. The molecule has 102 valence electrons. The van der Waals surface area contributed by atoms with Crippen LogP contribution in [0.15, 0.2) is 48.5 Å². The van der Waals surface area contributed by atoms with Gasteiger partial charge in [-0.25, -0.2) is 4.98 Å². The van der Waals surface area contributed by atoms with Crippen molar-refractivity contribution in [3.8, 4) is 5.75 Å². The number of fused-ring (bicyclic) bond motifs is 1. The number of aliphatic hydroxyl groups excluding tert-OH is 1. The maximum Gasteiger partial charge on any atom is 0.143 e. The van der Waals surface area contributed by atoms with Gasteiger partial charge in [-0.2, -0.15) is 0 Å². The minimum Gasteiger partial charge on any atom is -0.496 e. The van der Waals surface area contributed by atoms with Crippen LogP contribution in [0, 0.1) is 0 Å². The fourth-order valence-corrected chi connectivity index (χ4v) is 2.44. The van der Waals surface area contributed by atoms with Gasteiger partial charge in [-0.1, -0.05) is 30.3 Å². The summed E-state index contributed by atoms with van der Waals surface area (Å²) in [6, 6.07) is 15.3. The molecule has 0 fully saturated rings. The Labute approximate surface area is 117 Å². The molecule has 3 aromatic rings. The van der Waals surface area contributed by atoms with Crippen LogP contribution in [0.1, 0.15) is 17.5 Å². The molecule has 4 heteroatoms. The number of para-hydroxylation sites is 3. The number of ether oxygens (including phenoxy) is 1. The number of methoxy groups -OCH3 is 1. The van der Waals surface area contributed by atoms with E-state index >= 15 is 0 Å². The van der Waals surface area contributed by atoms with Gasteiger partial charge < -0.3 is 14.4 Å². The van der Waals surface area contributed by atoms with Crippen molar-refractivity contribution in [3.63, 3.8) is 0 Å². The second-order valence-corrected chi connectivity index (χ2v) is 4.66. The smallest absolute Gasteiger partial charge is 0.143 e. The minimum absolute atomic E-state index is 0.607. The number of imidazole rings is 1. The van der Waals surface area contributed by atoms with Crippen molar-refractivity contribution in [2.75, 3.05) is 7.11 Å². The normalized spacial score (nSPS) is 12.6. The van der Waals surface area contributed by atoms with Crippen molar-refractivity contribution in [1.29, 1.82) is 0 Å². The number of hydrogen-bond donors (Lipinski definition) is 1. The Kier molecular flexibility index (Phi) is 3.16. The third kappa shape index (κ3) is 1.94. The Morgan fingerprint density at radius 2 is 1.80 bits per heavy atom. The maximum absolute atomic E-state index is 10.6. The summed E-state index contributed by atoms with van der Waals surface area (Å²) in [6.07, 6.45) is -0.816. The molecule has 1 unspecified atom stereocenters. The van der Waals surface area contributed by atoms with E-state index < -0.39 is 6.10 Å².